The Bertz CT molecular complexity index is 976. The predicted molar refractivity (Wildman–Crippen MR) is 123 cm³/mol. The number of sulfonamides is 1. The van der Waals surface area contributed by atoms with Crippen LogP contribution in [0.3, 0.4) is 0 Å². The van der Waals surface area contributed by atoms with Crippen molar-refractivity contribution >= 4 is 21.6 Å². The molecule has 2 aromatic rings. The zero-order chi connectivity index (χ0) is 22.9. The number of ether oxygens (including phenoxy) is 2. The number of hydrogen-bond acceptors (Lipinski definition) is 5. The molecule has 0 bridgehead atoms. The summed E-state index contributed by atoms with van der Waals surface area (Å²) in [6.45, 7) is 4.82. The van der Waals surface area contributed by atoms with E-state index >= 15 is 0 Å². The number of hydrogen-bond donors (Lipinski definition) is 1. The first kappa shape index (κ1) is 24.5. The smallest absolute Gasteiger partial charge is 0.232 e. The van der Waals surface area contributed by atoms with E-state index in [1.807, 2.05) is 44.2 Å². The van der Waals surface area contributed by atoms with E-state index in [2.05, 4.69) is 5.32 Å². The number of methoxy groups -OCH3 is 1. The van der Waals surface area contributed by atoms with Gasteiger partial charge in [-0.15, -0.1) is 0 Å². The van der Waals surface area contributed by atoms with Crippen LogP contribution in [0.1, 0.15) is 30.9 Å². The third-order valence-electron chi connectivity index (χ3n) is 4.87. The van der Waals surface area contributed by atoms with Crippen LogP contribution in [-0.4, -0.2) is 47.4 Å². The minimum atomic E-state index is -3.46. The maximum Gasteiger partial charge on any atom is 0.232 e. The lowest BCUT2D eigenvalue weighted by Gasteiger charge is -2.26. The monoisotopic (exact) mass is 448 g/mol. The molecule has 7 nitrogen and oxygen atoms in total. The van der Waals surface area contributed by atoms with E-state index in [-0.39, 0.29) is 18.9 Å². The van der Waals surface area contributed by atoms with Gasteiger partial charge in [-0.3, -0.25) is 9.10 Å². The average Bonchev–Trinajstić information content (AvgIpc) is 2.74. The summed E-state index contributed by atoms with van der Waals surface area (Å²) in [6.07, 6.45) is 2.58. The van der Waals surface area contributed by atoms with Crippen molar-refractivity contribution in [3.8, 4) is 11.5 Å². The standard InChI is InChI=1S/C23H32N2O5S/c1-5-19-11-8-10-18(2)23(19)25(31(4,27)28)16-9-14-22(26)24-15-17-30-21-13-7-6-12-20(21)29-3/h6-8,10-13H,5,9,14-17H2,1-4H3,(H,24,26). The predicted octanol–water partition coefficient (Wildman–Crippen LogP) is 3.31. The van der Waals surface area contributed by atoms with Crippen molar-refractivity contribution in [1.82, 2.24) is 5.32 Å². The Morgan fingerprint density at radius 3 is 2.45 bits per heavy atom. The van der Waals surface area contributed by atoms with Gasteiger partial charge in [0.25, 0.3) is 0 Å². The quantitative estimate of drug-likeness (QED) is 0.504. The van der Waals surface area contributed by atoms with Gasteiger partial charge in [-0.05, 0) is 43.0 Å². The second kappa shape index (κ2) is 11.6. The molecule has 0 aliphatic heterocycles. The fourth-order valence-electron chi connectivity index (χ4n) is 3.37. The second-order valence-electron chi connectivity index (χ2n) is 7.22. The topological polar surface area (TPSA) is 84.9 Å². The maximum atomic E-state index is 12.4. The Kier molecular flexibility index (Phi) is 9.18. The van der Waals surface area contributed by atoms with Crippen LogP contribution in [0.25, 0.3) is 0 Å². The van der Waals surface area contributed by atoms with Crippen molar-refractivity contribution in [3.05, 3.63) is 53.6 Å². The van der Waals surface area contributed by atoms with Crippen LogP contribution >= 0.6 is 0 Å². The highest BCUT2D eigenvalue weighted by atomic mass is 32.2. The van der Waals surface area contributed by atoms with Gasteiger partial charge in [0.15, 0.2) is 11.5 Å². The number of aryl methyl sites for hydroxylation is 2. The van der Waals surface area contributed by atoms with E-state index < -0.39 is 10.0 Å². The Morgan fingerprint density at radius 1 is 1.10 bits per heavy atom. The van der Waals surface area contributed by atoms with E-state index in [9.17, 15) is 13.2 Å². The van der Waals surface area contributed by atoms with Crippen molar-refractivity contribution in [2.75, 3.05) is 37.4 Å². The van der Waals surface area contributed by atoms with Crippen molar-refractivity contribution in [2.45, 2.75) is 33.1 Å². The zero-order valence-electron chi connectivity index (χ0n) is 18.7. The molecular weight excluding hydrogens is 416 g/mol. The first-order valence-electron chi connectivity index (χ1n) is 10.4. The molecule has 0 spiro atoms. The maximum absolute atomic E-state index is 12.4. The molecule has 31 heavy (non-hydrogen) atoms. The van der Waals surface area contributed by atoms with Crippen LogP contribution in [0.4, 0.5) is 5.69 Å². The summed E-state index contributed by atoms with van der Waals surface area (Å²) in [5.41, 5.74) is 2.60. The highest BCUT2D eigenvalue weighted by Crippen LogP contribution is 2.28. The van der Waals surface area contributed by atoms with Gasteiger partial charge in [0.1, 0.15) is 6.61 Å². The highest BCUT2D eigenvalue weighted by molar-refractivity contribution is 7.92. The molecule has 2 rings (SSSR count). The van der Waals surface area contributed by atoms with Crippen LogP contribution in [-0.2, 0) is 21.2 Å². The summed E-state index contributed by atoms with van der Waals surface area (Å²) >= 11 is 0. The summed E-state index contributed by atoms with van der Waals surface area (Å²) in [6, 6.07) is 13.1. The molecule has 0 unspecified atom stereocenters. The van der Waals surface area contributed by atoms with Crippen LogP contribution in [0.2, 0.25) is 0 Å². The van der Waals surface area contributed by atoms with Gasteiger partial charge in [-0.2, -0.15) is 0 Å². The molecule has 0 saturated heterocycles. The fraction of sp³-hybridized carbons (Fsp3) is 0.435. The number of carbonyl (C=O) groups excluding carboxylic acids is 1. The number of nitrogens with zero attached hydrogens (tertiary/aromatic N) is 1. The largest absolute Gasteiger partial charge is 0.493 e. The lowest BCUT2D eigenvalue weighted by molar-refractivity contribution is -0.121. The highest BCUT2D eigenvalue weighted by Gasteiger charge is 2.21. The molecule has 170 valence electrons. The van der Waals surface area contributed by atoms with Gasteiger partial charge >= 0.3 is 0 Å². The molecule has 2 aromatic carbocycles. The number of nitrogens with one attached hydrogen (secondary N) is 1. The van der Waals surface area contributed by atoms with E-state index in [0.29, 0.717) is 31.1 Å². The van der Waals surface area contributed by atoms with Gasteiger partial charge < -0.3 is 14.8 Å². The van der Waals surface area contributed by atoms with Gasteiger partial charge in [0.05, 0.1) is 25.6 Å². The number of rotatable bonds is 12. The number of amides is 1. The number of carbonyl (C=O) groups is 1. The van der Waals surface area contributed by atoms with E-state index in [1.54, 1.807) is 19.2 Å². The SMILES string of the molecule is CCc1cccc(C)c1N(CCCC(=O)NCCOc1ccccc1OC)S(C)(=O)=O. The molecule has 0 saturated carbocycles. The van der Waals surface area contributed by atoms with Crippen LogP contribution in [0, 0.1) is 6.92 Å². The third kappa shape index (κ3) is 7.17. The third-order valence-corrected chi connectivity index (χ3v) is 6.03. The molecule has 0 atom stereocenters. The van der Waals surface area contributed by atoms with E-state index in [4.69, 9.17) is 9.47 Å². The van der Waals surface area contributed by atoms with Crippen molar-refractivity contribution in [3.63, 3.8) is 0 Å². The first-order chi connectivity index (χ1) is 14.8. The summed E-state index contributed by atoms with van der Waals surface area (Å²) < 4.78 is 37.1. The van der Waals surface area contributed by atoms with Gasteiger partial charge in [0, 0.05) is 13.0 Å². The summed E-state index contributed by atoms with van der Waals surface area (Å²) in [5.74, 6) is 1.11. The Hall–Kier alpha value is -2.74. The molecular formula is C23H32N2O5S. The Labute approximate surface area is 185 Å². The summed E-state index contributed by atoms with van der Waals surface area (Å²) in [5, 5.41) is 2.80. The number of anilines is 1. The van der Waals surface area contributed by atoms with E-state index in [0.717, 1.165) is 23.2 Å². The summed E-state index contributed by atoms with van der Waals surface area (Å²) in [7, 11) is -1.89. The van der Waals surface area contributed by atoms with Crippen LogP contribution in [0.5, 0.6) is 11.5 Å². The van der Waals surface area contributed by atoms with Crippen LogP contribution < -0.4 is 19.1 Å². The van der Waals surface area contributed by atoms with Gasteiger partial charge in [0.2, 0.25) is 15.9 Å². The Morgan fingerprint density at radius 2 is 1.81 bits per heavy atom. The molecule has 0 heterocycles. The second-order valence-corrected chi connectivity index (χ2v) is 9.13. The molecule has 1 amide bonds. The molecule has 1 N–H and O–H groups in total. The summed E-state index contributed by atoms with van der Waals surface area (Å²) in [4.78, 5) is 12.2. The molecule has 0 fully saturated rings. The molecule has 0 aromatic heterocycles. The van der Waals surface area contributed by atoms with Gasteiger partial charge in [-0.1, -0.05) is 37.3 Å². The van der Waals surface area contributed by atoms with Crippen molar-refractivity contribution in [2.24, 2.45) is 0 Å². The van der Waals surface area contributed by atoms with Crippen LogP contribution in [0.15, 0.2) is 42.5 Å². The van der Waals surface area contributed by atoms with Crippen molar-refractivity contribution in [1.29, 1.82) is 0 Å². The molecule has 0 radical (unpaired) electrons. The van der Waals surface area contributed by atoms with Crippen molar-refractivity contribution < 1.29 is 22.7 Å². The fourth-order valence-corrected chi connectivity index (χ4v) is 4.42. The number of benzene rings is 2. The Balaban J connectivity index is 1.85. The minimum absolute atomic E-state index is 0.141. The molecule has 0 aliphatic rings. The molecule has 0 aliphatic carbocycles. The molecule has 8 heteroatoms. The average molecular weight is 449 g/mol. The lowest BCUT2D eigenvalue weighted by Crippen LogP contribution is -2.34. The van der Waals surface area contributed by atoms with Gasteiger partial charge in [-0.25, -0.2) is 8.42 Å². The zero-order valence-corrected chi connectivity index (χ0v) is 19.5. The minimum Gasteiger partial charge on any atom is -0.493 e. The lowest BCUT2D eigenvalue weighted by atomic mass is 10.1. The number of para-hydroxylation sites is 3. The van der Waals surface area contributed by atoms with E-state index in [1.165, 1.54) is 10.6 Å². The first-order valence-corrected chi connectivity index (χ1v) is 12.2. The normalized spacial score (nSPS) is 11.1.